The van der Waals surface area contributed by atoms with Gasteiger partial charge in [0.15, 0.2) is 11.5 Å². The maximum absolute atomic E-state index is 5.50. The molecular formula is C25H29N7O. The van der Waals surface area contributed by atoms with Gasteiger partial charge in [-0.05, 0) is 55.9 Å². The van der Waals surface area contributed by atoms with Crippen molar-refractivity contribution in [1.82, 2.24) is 29.5 Å². The quantitative estimate of drug-likeness (QED) is 0.468. The Balaban J connectivity index is 1.42. The summed E-state index contributed by atoms with van der Waals surface area (Å²) in [6, 6.07) is 4.68. The summed E-state index contributed by atoms with van der Waals surface area (Å²) >= 11 is 0. The van der Waals surface area contributed by atoms with Crippen LogP contribution in [0.1, 0.15) is 49.3 Å². The zero-order valence-electron chi connectivity index (χ0n) is 19.6. The van der Waals surface area contributed by atoms with Crippen molar-refractivity contribution in [2.45, 2.75) is 52.5 Å². The zero-order valence-corrected chi connectivity index (χ0v) is 19.6. The van der Waals surface area contributed by atoms with Gasteiger partial charge in [0, 0.05) is 36.6 Å². The van der Waals surface area contributed by atoms with Gasteiger partial charge < -0.3 is 14.6 Å². The van der Waals surface area contributed by atoms with Gasteiger partial charge in [-0.3, -0.25) is 0 Å². The molecule has 2 fully saturated rings. The predicted molar refractivity (Wildman–Crippen MR) is 129 cm³/mol. The van der Waals surface area contributed by atoms with Crippen molar-refractivity contribution in [3.63, 3.8) is 0 Å². The second-order valence-electron chi connectivity index (χ2n) is 9.45. The van der Waals surface area contributed by atoms with Gasteiger partial charge in [0.2, 0.25) is 0 Å². The van der Waals surface area contributed by atoms with Crippen LogP contribution in [0.5, 0.6) is 0 Å². The van der Waals surface area contributed by atoms with Crippen LogP contribution in [-0.2, 0) is 4.74 Å². The van der Waals surface area contributed by atoms with Gasteiger partial charge in [-0.25, -0.2) is 19.5 Å². The Morgan fingerprint density at radius 3 is 2.76 bits per heavy atom. The predicted octanol–water partition coefficient (Wildman–Crippen LogP) is 4.54. The average molecular weight is 444 g/mol. The molecule has 8 heteroatoms. The number of nitrogens with one attached hydrogen (secondary N) is 1. The summed E-state index contributed by atoms with van der Waals surface area (Å²) in [5, 5.41) is 4.38. The lowest BCUT2D eigenvalue weighted by Gasteiger charge is -2.22. The number of rotatable bonds is 4. The highest BCUT2D eigenvalue weighted by atomic mass is 16.5. The number of amidine groups is 1. The molecule has 4 aromatic rings. The smallest absolute Gasteiger partial charge is 0.158 e. The van der Waals surface area contributed by atoms with E-state index in [-0.39, 0.29) is 0 Å². The number of aromatic amines is 1. The number of aryl methyl sites for hydroxylation is 1. The van der Waals surface area contributed by atoms with Crippen molar-refractivity contribution in [2.75, 3.05) is 19.8 Å². The van der Waals surface area contributed by atoms with Crippen LogP contribution in [0.3, 0.4) is 0 Å². The number of H-pyrrole nitrogens is 1. The minimum Gasteiger partial charge on any atom is -0.381 e. The third-order valence-corrected chi connectivity index (χ3v) is 7.05. The molecule has 0 radical (unpaired) electrons. The van der Waals surface area contributed by atoms with Crippen LogP contribution in [0.25, 0.3) is 27.9 Å². The van der Waals surface area contributed by atoms with Crippen molar-refractivity contribution in [3.8, 4) is 11.3 Å². The highest BCUT2D eigenvalue weighted by molar-refractivity contribution is 5.99. The third-order valence-electron chi connectivity index (χ3n) is 7.05. The van der Waals surface area contributed by atoms with E-state index in [1.165, 1.54) is 11.1 Å². The van der Waals surface area contributed by atoms with Crippen molar-refractivity contribution >= 4 is 28.3 Å². The maximum atomic E-state index is 5.50. The molecule has 0 amide bonds. The minimum atomic E-state index is 0.301. The first kappa shape index (κ1) is 20.4. The number of fused-ring (bicyclic) bond motifs is 2. The molecule has 1 N–H and O–H groups in total. The Hall–Kier alpha value is -3.26. The van der Waals surface area contributed by atoms with Gasteiger partial charge in [0.25, 0.3) is 0 Å². The van der Waals surface area contributed by atoms with Gasteiger partial charge in [0.1, 0.15) is 12.2 Å². The number of aliphatic imine (C=N–C) groups is 1. The largest absolute Gasteiger partial charge is 0.381 e. The van der Waals surface area contributed by atoms with E-state index in [2.05, 4.69) is 59.9 Å². The van der Waals surface area contributed by atoms with Crippen LogP contribution in [0.4, 0.5) is 5.82 Å². The van der Waals surface area contributed by atoms with Crippen LogP contribution in [-0.4, -0.2) is 61.1 Å². The fourth-order valence-corrected chi connectivity index (χ4v) is 5.05. The number of aromatic nitrogens is 5. The third kappa shape index (κ3) is 3.40. The first-order valence-corrected chi connectivity index (χ1v) is 11.8. The Kier molecular flexibility index (Phi) is 4.72. The van der Waals surface area contributed by atoms with E-state index in [4.69, 9.17) is 14.7 Å². The number of hydrogen-bond acceptors (Lipinski definition) is 5. The highest BCUT2D eigenvalue weighted by Crippen LogP contribution is 2.38. The molecule has 0 spiro atoms. The van der Waals surface area contributed by atoms with Crippen LogP contribution in [0, 0.1) is 13.8 Å². The Labute approximate surface area is 192 Å². The molecule has 4 aromatic heterocycles. The molecule has 0 aromatic carbocycles. The molecule has 0 atom stereocenters. The lowest BCUT2D eigenvalue weighted by molar-refractivity contribution is 0.0675. The van der Waals surface area contributed by atoms with Gasteiger partial charge in [-0.2, -0.15) is 5.10 Å². The first-order chi connectivity index (χ1) is 16.0. The lowest BCUT2D eigenvalue weighted by atomic mass is 9.95. The van der Waals surface area contributed by atoms with E-state index < -0.39 is 0 Å². The van der Waals surface area contributed by atoms with E-state index in [0.29, 0.717) is 12.0 Å². The molecule has 170 valence electrons. The number of nitrogens with zero attached hydrogens (tertiary/aromatic N) is 6. The van der Waals surface area contributed by atoms with Crippen LogP contribution < -0.4 is 0 Å². The number of hydrogen-bond donors (Lipinski definition) is 1. The summed E-state index contributed by atoms with van der Waals surface area (Å²) in [5.74, 6) is 2.22. The molecule has 2 aliphatic heterocycles. The topological polar surface area (TPSA) is 83.5 Å². The average Bonchev–Trinajstić information content (AvgIpc) is 3.24. The van der Waals surface area contributed by atoms with Crippen molar-refractivity contribution < 1.29 is 4.74 Å². The normalized spacial score (nSPS) is 18.3. The van der Waals surface area contributed by atoms with E-state index in [9.17, 15) is 0 Å². The van der Waals surface area contributed by atoms with Gasteiger partial charge in [-0.15, -0.1) is 0 Å². The molecule has 2 aliphatic rings. The SMILES string of the molecule is Cc1c(-c2[nH]c3ccc(/N=C4/CN4C4CCOCC4)nc3c2C(C)C)cn2ncnc2c1C. The van der Waals surface area contributed by atoms with Gasteiger partial charge >= 0.3 is 0 Å². The van der Waals surface area contributed by atoms with E-state index in [0.717, 1.165) is 77.8 Å². The first-order valence-electron chi connectivity index (χ1n) is 11.8. The molecule has 0 bridgehead atoms. The van der Waals surface area contributed by atoms with Crippen LogP contribution >= 0.6 is 0 Å². The van der Waals surface area contributed by atoms with Crippen molar-refractivity contribution in [3.05, 3.63) is 41.3 Å². The lowest BCUT2D eigenvalue weighted by Crippen LogP contribution is -2.28. The molecule has 6 rings (SSSR count). The number of ether oxygens (including phenoxy) is 1. The van der Waals surface area contributed by atoms with Gasteiger partial charge in [0.05, 0.1) is 23.3 Å². The summed E-state index contributed by atoms with van der Waals surface area (Å²) in [5.41, 5.74) is 8.72. The van der Waals surface area contributed by atoms with Gasteiger partial charge in [-0.1, -0.05) is 13.8 Å². The molecular weight excluding hydrogens is 414 g/mol. The molecule has 6 heterocycles. The Bertz CT molecular complexity index is 1390. The van der Waals surface area contributed by atoms with Crippen molar-refractivity contribution in [1.29, 1.82) is 0 Å². The molecule has 0 aliphatic carbocycles. The fraction of sp³-hybridized carbons (Fsp3) is 0.440. The zero-order chi connectivity index (χ0) is 22.7. The minimum absolute atomic E-state index is 0.301. The van der Waals surface area contributed by atoms with Crippen molar-refractivity contribution in [2.24, 2.45) is 4.99 Å². The Morgan fingerprint density at radius 1 is 1.15 bits per heavy atom. The maximum Gasteiger partial charge on any atom is 0.158 e. The number of pyridine rings is 2. The molecule has 33 heavy (non-hydrogen) atoms. The second kappa shape index (κ2) is 7.66. The molecule has 0 saturated carbocycles. The standard InChI is InChI=1S/C25H29N7O/c1-14(2)22-23(18-11-32-25(26-13-27-32)16(4)15(18)3)28-19-5-6-20(30-24(19)22)29-21-12-31(21)17-7-9-33-10-8-17/h5-6,11,13-14,17,28H,7-10,12H2,1-4H3/b29-21-. The summed E-state index contributed by atoms with van der Waals surface area (Å²) < 4.78 is 7.35. The molecule has 2 saturated heterocycles. The summed E-state index contributed by atoms with van der Waals surface area (Å²) in [4.78, 5) is 20.3. The Morgan fingerprint density at radius 2 is 1.97 bits per heavy atom. The van der Waals surface area contributed by atoms with E-state index >= 15 is 0 Å². The molecule has 8 nitrogen and oxygen atoms in total. The summed E-state index contributed by atoms with van der Waals surface area (Å²) in [6.45, 7) is 11.3. The fourth-order valence-electron chi connectivity index (χ4n) is 5.05. The second-order valence-corrected chi connectivity index (χ2v) is 9.45. The van der Waals surface area contributed by atoms with E-state index in [1.807, 2.05) is 10.6 Å². The highest BCUT2D eigenvalue weighted by Gasteiger charge is 2.35. The van der Waals surface area contributed by atoms with Crippen LogP contribution in [0.2, 0.25) is 0 Å². The summed E-state index contributed by atoms with van der Waals surface area (Å²) in [6.07, 6.45) is 5.84. The monoisotopic (exact) mass is 443 g/mol. The summed E-state index contributed by atoms with van der Waals surface area (Å²) in [7, 11) is 0. The molecule has 0 unspecified atom stereocenters. The van der Waals surface area contributed by atoms with Crippen LogP contribution in [0.15, 0.2) is 29.6 Å². The van der Waals surface area contributed by atoms with E-state index in [1.54, 1.807) is 6.33 Å².